The van der Waals surface area contributed by atoms with Gasteiger partial charge in [-0.3, -0.25) is 4.79 Å². The monoisotopic (exact) mass is 239 g/mol. The Kier molecular flexibility index (Phi) is 3.36. The van der Waals surface area contributed by atoms with E-state index in [1.54, 1.807) is 11.8 Å². The van der Waals surface area contributed by atoms with Crippen molar-refractivity contribution in [2.75, 3.05) is 12.5 Å². The Morgan fingerprint density at radius 3 is 3.12 bits per heavy atom. The van der Waals surface area contributed by atoms with Gasteiger partial charge in [-0.05, 0) is 24.2 Å². The molecule has 1 heterocycles. The Morgan fingerprint density at radius 2 is 2.44 bits per heavy atom. The van der Waals surface area contributed by atoms with Crippen molar-refractivity contribution in [3.05, 3.63) is 23.8 Å². The maximum atomic E-state index is 10.7. The third-order valence-corrected chi connectivity index (χ3v) is 3.46. The van der Waals surface area contributed by atoms with E-state index in [-0.39, 0.29) is 12.3 Å². The molecule has 16 heavy (non-hydrogen) atoms. The fraction of sp³-hybridized carbons (Fsp3) is 0.364. The predicted octanol–water partition coefficient (Wildman–Crippen LogP) is 1.65. The average Bonchev–Trinajstić information content (AvgIpc) is 2.72. The number of carboxylic acid groups (broad SMARTS) is 1. The molecule has 2 rings (SSSR count). The zero-order valence-corrected chi connectivity index (χ0v) is 9.50. The molecule has 0 amide bonds. The number of fused-ring (bicyclic) bond motifs is 1. The molecule has 0 bridgehead atoms. The van der Waals surface area contributed by atoms with Gasteiger partial charge in [-0.15, -0.1) is 0 Å². The van der Waals surface area contributed by atoms with Gasteiger partial charge in [-0.2, -0.15) is 0 Å². The van der Waals surface area contributed by atoms with Crippen LogP contribution in [0.1, 0.15) is 17.9 Å². The van der Waals surface area contributed by atoms with Crippen LogP contribution in [0.3, 0.4) is 0 Å². The van der Waals surface area contributed by atoms with Crippen molar-refractivity contribution in [2.24, 2.45) is 5.73 Å². The van der Waals surface area contributed by atoms with Crippen molar-refractivity contribution >= 4 is 17.7 Å². The summed E-state index contributed by atoms with van der Waals surface area (Å²) in [6.07, 6.45) is 0.0580. The molecule has 4 nitrogen and oxygen atoms in total. The number of carbonyl (C=O) groups is 1. The molecular formula is C11H13NO3S. The summed E-state index contributed by atoms with van der Waals surface area (Å²) in [7, 11) is 0. The predicted molar refractivity (Wildman–Crippen MR) is 61.8 cm³/mol. The Balaban J connectivity index is 2.21. The minimum atomic E-state index is -0.828. The summed E-state index contributed by atoms with van der Waals surface area (Å²) in [5, 5.41) is 8.78. The lowest BCUT2D eigenvalue weighted by Crippen LogP contribution is -2.16. The normalized spacial score (nSPS) is 15.3. The molecule has 1 unspecified atom stereocenters. The van der Waals surface area contributed by atoms with Gasteiger partial charge < -0.3 is 15.6 Å². The number of thioether (sulfide) groups is 1. The molecule has 0 saturated carbocycles. The molecule has 0 aromatic heterocycles. The van der Waals surface area contributed by atoms with Gasteiger partial charge in [0.1, 0.15) is 11.7 Å². The smallest absolute Gasteiger partial charge is 0.304 e. The van der Waals surface area contributed by atoms with Crippen LogP contribution in [0.4, 0.5) is 0 Å². The van der Waals surface area contributed by atoms with Crippen molar-refractivity contribution in [3.63, 3.8) is 0 Å². The van der Waals surface area contributed by atoms with Crippen LogP contribution < -0.4 is 10.5 Å². The molecule has 0 spiro atoms. The van der Waals surface area contributed by atoms with Gasteiger partial charge in [0.05, 0.1) is 11.3 Å². The van der Waals surface area contributed by atoms with Gasteiger partial charge >= 0.3 is 5.97 Å². The molecular weight excluding hydrogens is 226 g/mol. The first kappa shape index (κ1) is 11.3. The molecule has 3 N–H and O–H groups in total. The highest BCUT2D eigenvalue weighted by Gasteiger charge is 2.18. The number of benzene rings is 1. The summed E-state index contributed by atoms with van der Waals surface area (Å²) >= 11 is 1.64. The number of aliphatic carboxylic acids is 1. The summed E-state index contributed by atoms with van der Waals surface area (Å²) in [5.41, 5.74) is 6.53. The standard InChI is InChI=1S/C11H13NO3S/c12-5-8(4-11(13)14)7-1-2-10-9(3-7)15-6-16-10/h1-3,8H,4-6,12H2,(H,13,14). The molecule has 1 aliphatic rings. The van der Waals surface area contributed by atoms with Crippen LogP contribution >= 0.6 is 11.8 Å². The van der Waals surface area contributed by atoms with Crippen LogP contribution in [-0.4, -0.2) is 23.6 Å². The van der Waals surface area contributed by atoms with Crippen molar-refractivity contribution in [3.8, 4) is 5.75 Å². The minimum absolute atomic E-state index is 0.0580. The molecule has 1 aromatic rings. The fourth-order valence-corrected chi connectivity index (χ4v) is 2.45. The second-order valence-electron chi connectivity index (χ2n) is 3.64. The van der Waals surface area contributed by atoms with E-state index in [0.717, 1.165) is 16.2 Å². The zero-order chi connectivity index (χ0) is 11.5. The highest BCUT2D eigenvalue weighted by molar-refractivity contribution is 7.99. The Bertz CT molecular complexity index is 408. The van der Waals surface area contributed by atoms with Crippen LogP contribution in [0.25, 0.3) is 0 Å². The van der Waals surface area contributed by atoms with E-state index >= 15 is 0 Å². The Morgan fingerprint density at radius 1 is 1.62 bits per heavy atom. The summed E-state index contributed by atoms with van der Waals surface area (Å²) in [6, 6.07) is 5.80. The maximum Gasteiger partial charge on any atom is 0.304 e. The van der Waals surface area contributed by atoms with E-state index in [4.69, 9.17) is 15.6 Å². The van der Waals surface area contributed by atoms with Crippen molar-refractivity contribution in [2.45, 2.75) is 17.2 Å². The SMILES string of the molecule is NCC(CC(=O)O)c1ccc2c(c1)OCS2. The van der Waals surface area contributed by atoms with Crippen molar-refractivity contribution in [1.29, 1.82) is 0 Å². The van der Waals surface area contributed by atoms with E-state index in [9.17, 15) is 4.79 Å². The molecule has 0 radical (unpaired) electrons. The summed E-state index contributed by atoms with van der Waals surface area (Å²) in [4.78, 5) is 11.8. The average molecular weight is 239 g/mol. The first-order valence-electron chi connectivity index (χ1n) is 5.02. The number of nitrogens with two attached hydrogens (primary N) is 1. The van der Waals surface area contributed by atoms with E-state index in [1.165, 1.54) is 0 Å². The number of ether oxygens (including phenoxy) is 1. The van der Waals surface area contributed by atoms with Gasteiger partial charge in [0.2, 0.25) is 0 Å². The first-order valence-corrected chi connectivity index (χ1v) is 6.00. The Hall–Kier alpha value is -1.20. The van der Waals surface area contributed by atoms with Gasteiger partial charge in [0.25, 0.3) is 0 Å². The topological polar surface area (TPSA) is 72.6 Å². The zero-order valence-electron chi connectivity index (χ0n) is 8.68. The van der Waals surface area contributed by atoms with Crippen LogP contribution in [0.2, 0.25) is 0 Å². The van der Waals surface area contributed by atoms with E-state index in [1.807, 2.05) is 18.2 Å². The lowest BCUT2D eigenvalue weighted by molar-refractivity contribution is -0.137. The van der Waals surface area contributed by atoms with Crippen LogP contribution in [0.5, 0.6) is 5.75 Å². The van der Waals surface area contributed by atoms with E-state index in [0.29, 0.717) is 12.5 Å². The van der Waals surface area contributed by atoms with Gasteiger partial charge in [0, 0.05) is 5.92 Å². The lowest BCUT2D eigenvalue weighted by Gasteiger charge is -2.13. The van der Waals surface area contributed by atoms with Gasteiger partial charge in [0.15, 0.2) is 0 Å². The molecule has 86 valence electrons. The summed E-state index contributed by atoms with van der Waals surface area (Å²) < 4.78 is 5.41. The minimum Gasteiger partial charge on any atom is -0.481 e. The molecule has 5 heteroatoms. The third kappa shape index (κ3) is 2.31. The highest BCUT2D eigenvalue weighted by Crippen LogP contribution is 2.38. The highest BCUT2D eigenvalue weighted by atomic mass is 32.2. The number of carboxylic acids is 1. The van der Waals surface area contributed by atoms with E-state index < -0.39 is 5.97 Å². The summed E-state index contributed by atoms with van der Waals surface area (Å²) in [6.45, 7) is 0.332. The number of rotatable bonds is 4. The van der Waals surface area contributed by atoms with Gasteiger partial charge in [-0.25, -0.2) is 0 Å². The Labute approximate surface area is 97.8 Å². The molecule has 0 saturated heterocycles. The molecule has 1 aliphatic heterocycles. The molecule has 0 aliphatic carbocycles. The second kappa shape index (κ2) is 4.76. The van der Waals surface area contributed by atoms with Crippen LogP contribution in [-0.2, 0) is 4.79 Å². The third-order valence-electron chi connectivity index (χ3n) is 2.57. The second-order valence-corrected chi connectivity index (χ2v) is 4.61. The number of hydrogen-bond acceptors (Lipinski definition) is 4. The molecule has 1 atom stereocenters. The van der Waals surface area contributed by atoms with Crippen molar-refractivity contribution < 1.29 is 14.6 Å². The quantitative estimate of drug-likeness (QED) is 0.835. The molecule has 0 fully saturated rings. The van der Waals surface area contributed by atoms with Crippen LogP contribution in [0.15, 0.2) is 23.1 Å². The number of hydrogen-bond donors (Lipinski definition) is 2. The molecule has 1 aromatic carbocycles. The lowest BCUT2D eigenvalue weighted by atomic mass is 9.96. The summed E-state index contributed by atoms with van der Waals surface area (Å²) in [5.74, 6) is 0.500. The van der Waals surface area contributed by atoms with Crippen molar-refractivity contribution in [1.82, 2.24) is 0 Å². The van der Waals surface area contributed by atoms with Crippen LogP contribution in [0, 0.1) is 0 Å². The fourth-order valence-electron chi connectivity index (χ4n) is 1.72. The van der Waals surface area contributed by atoms with Gasteiger partial charge in [-0.1, -0.05) is 17.8 Å². The first-order chi connectivity index (χ1) is 7.70. The largest absolute Gasteiger partial charge is 0.481 e. The van der Waals surface area contributed by atoms with E-state index in [2.05, 4.69) is 0 Å². The maximum absolute atomic E-state index is 10.7.